The number of rotatable bonds is 6. The third-order valence-corrected chi connectivity index (χ3v) is 2.79. The molecule has 16 heavy (non-hydrogen) atoms. The molecule has 1 aromatic rings. The van der Waals surface area contributed by atoms with Crippen LogP contribution in [0, 0.1) is 0 Å². The molecule has 0 spiro atoms. The third kappa shape index (κ3) is 4.37. The van der Waals surface area contributed by atoms with Gasteiger partial charge in [0.15, 0.2) is 0 Å². The molecule has 0 aromatic heterocycles. The van der Waals surface area contributed by atoms with Crippen LogP contribution in [0.3, 0.4) is 0 Å². The summed E-state index contributed by atoms with van der Waals surface area (Å²) in [6.07, 6.45) is 1.54. The first-order chi connectivity index (χ1) is 7.63. The quantitative estimate of drug-likeness (QED) is 0.648. The highest BCUT2D eigenvalue weighted by molar-refractivity contribution is 9.10. The van der Waals surface area contributed by atoms with E-state index in [0.717, 1.165) is 22.4 Å². The smallest absolute Gasteiger partial charge is 0.133 e. The van der Waals surface area contributed by atoms with Gasteiger partial charge in [0.25, 0.3) is 0 Å². The topological polar surface area (TPSA) is 44.5 Å². The number of hydrogen-bond donors (Lipinski definition) is 1. The van der Waals surface area contributed by atoms with Crippen molar-refractivity contribution in [1.82, 2.24) is 0 Å². The van der Waals surface area contributed by atoms with Gasteiger partial charge in [0, 0.05) is 6.42 Å². The molecular formula is C11H14BrNO2S. The van der Waals surface area contributed by atoms with Gasteiger partial charge >= 0.3 is 0 Å². The molecule has 0 saturated carbocycles. The van der Waals surface area contributed by atoms with E-state index in [4.69, 9.17) is 27.4 Å². The van der Waals surface area contributed by atoms with E-state index in [2.05, 4.69) is 15.9 Å². The van der Waals surface area contributed by atoms with E-state index in [0.29, 0.717) is 18.0 Å². The standard InChI is InChI=1S/C11H14BrNO2S/c1-14-8-4-5-10(9(12)7-8)15-6-2-3-11(13)16/h4-5,7H,2-3,6H2,1H3,(H2,13,16). The van der Waals surface area contributed by atoms with E-state index in [1.807, 2.05) is 18.2 Å². The molecule has 0 bridgehead atoms. The summed E-state index contributed by atoms with van der Waals surface area (Å²) in [6.45, 7) is 0.599. The highest BCUT2D eigenvalue weighted by Crippen LogP contribution is 2.29. The minimum Gasteiger partial charge on any atom is -0.497 e. The van der Waals surface area contributed by atoms with Crippen molar-refractivity contribution in [3.63, 3.8) is 0 Å². The minimum atomic E-state index is 0.525. The van der Waals surface area contributed by atoms with Gasteiger partial charge in [-0.05, 0) is 40.5 Å². The van der Waals surface area contributed by atoms with E-state index >= 15 is 0 Å². The van der Waals surface area contributed by atoms with Crippen molar-refractivity contribution in [2.75, 3.05) is 13.7 Å². The number of halogens is 1. The Labute approximate surface area is 109 Å². The second kappa shape index (κ2) is 6.70. The molecule has 3 nitrogen and oxygen atoms in total. The van der Waals surface area contributed by atoms with Gasteiger partial charge in [0.05, 0.1) is 23.2 Å². The maximum Gasteiger partial charge on any atom is 0.133 e. The number of benzene rings is 1. The molecule has 5 heteroatoms. The molecule has 0 aliphatic heterocycles. The van der Waals surface area contributed by atoms with Crippen molar-refractivity contribution in [3.05, 3.63) is 22.7 Å². The first kappa shape index (κ1) is 13.3. The van der Waals surface area contributed by atoms with Crippen molar-refractivity contribution in [2.24, 2.45) is 5.73 Å². The molecule has 2 N–H and O–H groups in total. The van der Waals surface area contributed by atoms with E-state index in [-0.39, 0.29) is 0 Å². The summed E-state index contributed by atoms with van der Waals surface area (Å²) in [4.78, 5) is 0.525. The van der Waals surface area contributed by atoms with E-state index < -0.39 is 0 Å². The predicted molar refractivity (Wildman–Crippen MR) is 72.2 cm³/mol. The Kier molecular flexibility index (Phi) is 5.55. The van der Waals surface area contributed by atoms with Gasteiger partial charge in [0.2, 0.25) is 0 Å². The molecule has 0 amide bonds. The van der Waals surface area contributed by atoms with Gasteiger partial charge in [-0.3, -0.25) is 0 Å². The van der Waals surface area contributed by atoms with Crippen molar-refractivity contribution in [3.8, 4) is 11.5 Å². The first-order valence-electron chi connectivity index (χ1n) is 4.88. The van der Waals surface area contributed by atoms with Crippen LogP contribution in [0.15, 0.2) is 22.7 Å². The van der Waals surface area contributed by atoms with Crippen molar-refractivity contribution < 1.29 is 9.47 Å². The largest absolute Gasteiger partial charge is 0.497 e. The Balaban J connectivity index is 2.45. The van der Waals surface area contributed by atoms with Crippen LogP contribution >= 0.6 is 28.1 Å². The van der Waals surface area contributed by atoms with Crippen molar-refractivity contribution >= 4 is 33.1 Å². The maximum atomic E-state index is 5.57. The van der Waals surface area contributed by atoms with Gasteiger partial charge in [-0.2, -0.15) is 0 Å². The number of thiocarbonyl (C=S) groups is 1. The van der Waals surface area contributed by atoms with Crippen LogP contribution in [0.2, 0.25) is 0 Å². The number of nitrogens with two attached hydrogens (primary N) is 1. The minimum absolute atomic E-state index is 0.525. The summed E-state index contributed by atoms with van der Waals surface area (Å²) < 4.78 is 11.5. The number of ether oxygens (including phenoxy) is 2. The van der Waals surface area contributed by atoms with Crippen LogP contribution in [-0.2, 0) is 0 Å². The van der Waals surface area contributed by atoms with Crippen LogP contribution in [0.1, 0.15) is 12.8 Å². The molecule has 1 rings (SSSR count). The maximum absolute atomic E-state index is 5.57. The molecule has 1 aromatic carbocycles. The monoisotopic (exact) mass is 303 g/mol. The molecule has 0 atom stereocenters. The summed E-state index contributed by atoms with van der Waals surface area (Å²) >= 11 is 8.19. The molecule has 0 heterocycles. The Morgan fingerprint density at radius 2 is 2.25 bits per heavy atom. The highest BCUT2D eigenvalue weighted by atomic mass is 79.9. The van der Waals surface area contributed by atoms with Gasteiger partial charge in [-0.15, -0.1) is 0 Å². The zero-order valence-electron chi connectivity index (χ0n) is 9.03. The van der Waals surface area contributed by atoms with Gasteiger partial charge in [-0.25, -0.2) is 0 Å². The van der Waals surface area contributed by atoms with E-state index in [1.54, 1.807) is 7.11 Å². The lowest BCUT2D eigenvalue weighted by Crippen LogP contribution is -2.09. The molecular weight excluding hydrogens is 290 g/mol. The lowest BCUT2D eigenvalue weighted by molar-refractivity contribution is 0.311. The van der Waals surface area contributed by atoms with Gasteiger partial charge in [0.1, 0.15) is 11.5 Å². The van der Waals surface area contributed by atoms with Crippen LogP contribution < -0.4 is 15.2 Å². The molecule has 0 radical (unpaired) electrons. The molecule has 0 aliphatic carbocycles. The fourth-order valence-electron chi connectivity index (χ4n) is 1.15. The van der Waals surface area contributed by atoms with Crippen LogP contribution in [0.4, 0.5) is 0 Å². The van der Waals surface area contributed by atoms with Crippen LogP contribution in [-0.4, -0.2) is 18.7 Å². The lowest BCUT2D eigenvalue weighted by Gasteiger charge is -2.09. The Hall–Kier alpha value is -0.810. The fourth-order valence-corrected chi connectivity index (χ4v) is 1.77. The van der Waals surface area contributed by atoms with Gasteiger partial charge < -0.3 is 15.2 Å². The molecule has 88 valence electrons. The predicted octanol–water partition coefficient (Wildman–Crippen LogP) is 2.90. The van der Waals surface area contributed by atoms with E-state index in [9.17, 15) is 0 Å². The Morgan fingerprint density at radius 3 is 2.81 bits per heavy atom. The lowest BCUT2D eigenvalue weighted by atomic mass is 10.3. The van der Waals surface area contributed by atoms with Crippen LogP contribution in [0.25, 0.3) is 0 Å². The summed E-state index contributed by atoms with van der Waals surface area (Å²) in [5.74, 6) is 1.59. The summed E-state index contributed by atoms with van der Waals surface area (Å²) in [5, 5.41) is 0. The SMILES string of the molecule is COc1ccc(OCCCC(N)=S)c(Br)c1. The number of methoxy groups -OCH3 is 1. The summed E-state index contributed by atoms with van der Waals surface area (Å²) in [7, 11) is 1.63. The second-order valence-electron chi connectivity index (χ2n) is 3.21. The molecule has 0 unspecified atom stereocenters. The Morgan fingerprint density at radius 1 is 1.50 bits per heavy atom. The average Bonchev–Trinajstić information content (AvgIpc) is 2.25. The normalized spacial score (nSPS) is 9.88. The average molecular weight is 304 g/mol. The van der Waals surface area contributed by atoms with E-state index in [1.165, 1.54) is 0 Å². The molecule has 0 aliphatic rings. The van der Waals surface area contributed by atoms with Crippen molar-refractivity contribution in [1.29, 1.82) is 0 Å². The second-order valence-corrected chi connectivity index (χ2v) is 4.59. The van der Waals surface area contributed by atoms with Gasteiger partial charge in [-0.1, -0.05) is 12.2 Å². The summed E-state index contributed by atoms with van der Waals surface area (Å²) in [5.41, 5.74) is 5.39. The Bertz CT molecular complexity index is 371. The fraction of sp³-hybridized carbons (Fsp3) is 0.364. The zero-order valence-corrected chi connectivity index (χ0v) is 11.4. The highest BCUT2D eigenvalue weighted by Gasteiger charge is 2.02. The zero-order chi connectivity index (χ0) is 12.0. The summed E-state index contributed by atoms with van der Waals surface area (Å²) in [6, 6.07) is 5.58. The van der Waals surface area contributed by atoms with Crippen molar-refractivity contribution in [2.45, 2.75) is 12.8 Å². The third-order valence-electron chi connectivity index (χ3n) is 1.96. The number of hydrogen-bond acceptors (Lipinski definition) is 3. The first-order valence-corrected chi connectivity index (χ1v) is 6.08. The molecule has 0 saturated heterocycles. The molecule has 0 fully saturated rings. The van der Waals surface area contributed by atoms with Crippen LogP contribution in [0.5, 0.6) is 11.5 Å².